The topological polar surface area (TPSA) is 45.7 Å². The SMILES string of the molecule is CC(C)[C@H]([NH2+]CC(=O)Nc1cc(Cl)ccc1Cl)c1ccc(F)cc1. The molecular formula is C18H20Cl2FN2O+. The van der Waals surface area contributed by atoms with Crippen LogP contribution in [0.5, 0.6) is 0 Å². The maximum Gasteiger partial charge on any atom is 0.279 e. The lowest BCUT2D eigenvalue weighted by atomic mass is 9.96. The van der Waals surface area contributed by atoms with Crippen molar-refractivity contribution in [3.05, 3.63) is 63.9 Å². The molecule has 0 aromatic heterocycles. The van der Waals surface area contributed by atoms with E-state index in [2.05, 4.69) is 19.2 Å². The highest BCUT2D eigenvalue weighted by Gasteiger charge is 2.20. The summed E-state index contributed by atoms with van der Waals surface area (Å²) in [7, 11) is 0. The first-order chi connectivity index (χ1) is 11.4. The Balaban J connectivity index is 2.00. The summed E-state index contributed by atoms with van der Waals surface area (Å²) >= 11 is 12.0. The van der Waals surface area contributed by atoms with Gasteiger partial charge in [-0.05, 0) is 30.3 Å². The molecule has 0 aliphatic heterocycles. The molecule has 0 bridgehead atoms. The van der Waals surface area contributed by atoms with Gasteiger partial charge in [0.1, 0.15) is 11.9 Å². The summed E-state index contributed by atoms with van der Waals surface area (Å²) in [5.41, 5.74) is 1.48. The fourth-order valence-corrected chi connectivity index (χ4v) is 2.84. The highest BCUT2D eigenvalue weighted by molar-refractivity contribution is 6.35. The van der Waals surface area contributed by atoms with Crippen LogP contribution in [0.15, 0.2) is 42.5 Å². The number of carbonyl (C=O) groups excluding carboxylic acids is 1. The molecule has 0 fully saturated rings. The molecule has 128 valence electrons. The number of anilines is 1. The molecule has 0 radical (unpaired) electrons. The monoisotopic (exact) mass is 369 g/mol. The predicted octanol–water partition coefficient (Wildman–Crippen LogP) is 4.03. The Bertz CT molecular complexity index is 705. The van der Waals surface area contributed by atoms with E-state index in [1.807, 2.05) is 5.32 Å². The first-order valence-electron chi connectivity index (χ1n) is 7.70. The predicted molar refractivity (Wildman–Crippen MR) is 95.9 cm³/mol. The van der Waals surface area contributed by atoms with Crippen molar-refractivity contribution in [2.24, 2.45) is 5.92 Å². The third kappa shape index (κ3) is 5.20. The molecule has 2 rings (SSSR count). The molecule has 3 N–H and O–H groups in total. The summed E-state index contributed by atoms with van der Waals surface area (Å²) < 4.78 is 13.1. The maximum atomic E-state index is 13.1. The van der Waals surface area contributed by atoms with Crippen molar-refractivity contribution >= 4 is 34.8 Å². The minimum Gasteiger partial charge on any atom is -0.332 e. The van der Waals surface area contributed by atoms with Crippen LogP contribution in [-0.4, -0.2) is 12.5 Å². The molecule has 6 heteroatoms. The summed E-state index contributed by atoms with van der Waals surface area (Å²) in [6.07, 6.45) is 0. The van der Waals surface area contributed by atoms with Gasteiger partial charge in [0.05, 0.1) is 10.7 Å². The largest absolute Gasteiger partial charge is 0.332 e. The fraction of sp³-hybridized carbons (Fsp3) is 0.278. The van der Waals surface area contributed by atoms with E-state index in [4.69, 9.17) is 23.2 Å². The lowest BCUT2D eigenvalue weighted by Crippen LogP contribution is -2.88. The number of rotatable bonds is 6. The van der Waals surface area contributed by atoms with Gasteiger partial charge in [0.2, 0.25) is 0 Å². The van der Waals surface area contributed by atoms with Gasteiger partial charge in [-0.2, -0.15) is 0 Å². The van der Waals surface area contributed by atoms with Crippen LogP contribution in [-0.2, 0) is 4.79 Å². The summed E-state index contributed by atoms with van der Waals surface area (Å²) in [6, 6.07) is 11.3. The minimum absolute atomic E-state index is 0.0613. The Kier molecular flexibility index (Phi) is 6.60. The van der Waals surface area contributed by atoms with Crippen LogP contribution in [0.4, 0.5) is 10.1 Å². The first kappa shape index (κ1) is 18.7. The van der Waals surface area contributed by atoms with Crippen LogP contribution in [0, 0.1) is 11.7 Å². The third-order valence-corrected chi connectivity index (χ3v) is 4.30. The number of nitrogens with one attached hydrogen (secondary N) is 1. The number of benzene rings is 2. The minimum atomic E-state index is -0.269. The number of carbonyl (C=O) groups is 1. The normalized spacial score (nSPS) is 12.2. The van der Waals surface area contributed by atoms with E-state index in [1.54, 1.807) is 30.3 Å². The third-order valence-electron chi connectivity index (χ3n) is 3.73. The smallest absolute Gasteiger partial charge is 0.279 e. The standard InChI is InChI=1S/C18H19Cl2FN2O/c1-11(2)18(12-3-6-14(21)7-4-12)22-10-17(24)23-16-9-13(19)5-8-15(16)20/h3-9,11,18,22H,10H2,1-2H3,(H,23,24)/p+1/t18-/m0/s1. The molecule has 2 aromatic carbocycles. The highest BCUT2D eigenvalue weighted by Crippen LogP contribution is 2.25. The molecule has 0 unspecified atom stereocenters. The lowest BCUT2D eigenvalue weighted by Gasteiger charge is -2.19. The van der Waals surface area contributed by atoms with Gasteiger partial charge in [-0.15, -0.1) is 0 Å². The lowest BCUT2D eigenvalue weighted by molar-refractivity contribution is -0.692. The van der Waals surface area contributed by atoms with Crippen LogP contribution >= 0.6 is 23.2 Å². The van der Waals surface area contributed by atoms with Gasteiger partial charge in [-0.3, -0.25) is 4.79 Å². The quantitative estimate of drug-likeness (QED) is 0.792. The molecular weight excluding hydrogens is 350 g/mol. The van der Waals surface area contributed by atoms with E-state index < -0.39 is 0 Å². The van der Waals surface area contributed by atoms with Crippen LogP contribution in [0.3, 0.4) is 0 Å². The zero-order valence-corrected chi connectivity index (χ0v) is 15.0. The van der Waals surface area contributed by atoms with E-state index >= 15 is 0 Å². The Morgan fingerprint density at radius 1 is 1.17 bits per heavy atom. The molecule has 0 aliphatic carbocycles. The second-order valence-corrected chi connectivity index (χ2v) is 6.78. The van der Waals surface area contributed by atoms with Crippen molar-refractivity contribution in [2.45, 2.75) is 19.9 Å². The zero-order valence-electron chi connectivity index (χ0n) is 13.5. The fourth-order valence-electron chi connectivity index (χ4n) is 2.51. The average molecular weight is 370 g/mol. The van der Waals surface area contributed by atoms with Gasteiger partial charge in [0.25, 0.3) is 5.91 Å². The molecule has 0 saturated heterocycles. The van der Waals surface area contributed by atoms with Gasteiger partial charge in [-0.1, -0.05) is 49.2 Å². The second-order valence-electron chi connectivity index (χ2n) is 5.93. The summed E-state index contributed by atoms with van der Waals surface area (Å²) in [6.45, 7) is 4.36. The van der Waals surface area contributed by atoms with Gasteiger partial charge >= 0.3 is 0 Å². The van der Waals surface area contributed by atoms with E-state index in [0.29, 0.717) is 15.7 Å². The first-order valence-corrected chi connectivity index (χ1v) is 8.46. The van der Waals surface area contributed by atoms with Crippen LogP contribution in [0.1, 0.15) is 25.5 Å². The van der Waals surface area contributed by atoms with Gasteiger partial charge in [-0.25, -0.2) is 4.39 Å². The molecule has 1 atom stereocenters. The molecule has 0 aliphatic rings. The van der Waals surface area contributed by atoms with Crippen molar-refractivity contribution in [3.63, 3.8) is 0 Å². The van der Waals surface area contributed by atoms with Gasteiger partial charge in [0, 0.05) is 16.5 Å². The van der Waals surface area contributed by atoms with E-state index in [1.165, 1.54) is 12.1 Å². The number of quaternary nitrogens is 1. The van der Waals surface area contributed by atoms with Crippen LogP contribution < -0.4 is 10.6 Å². The molecule has 2 aromatic rings. The summed E-state index contributed by atoms with van der Waals surface area (Å²) in [4.78, 5) is 12.2. The molecule has 0 spiro atoms. The highest BCUT2D eigenvalue weighted by atomic mass is 35.5. The molecule has 0 heterocycles. The van der Waals surface area contributed by atoms with E-state index in [-0.39, 0.29) is 30.2 Å². The Morgan fingerprint density at radius 3 is 2.46 bits per heavy atom. The Hall–Kier alpha value is -1.62. The summed E-state index contributed by atoms with van der Waals surface area (Å²) in [5, 5.41) is 5.64. The van der Waals surface area contributed by atoms with E-state index in [0.717, 1.165) is 5.56 Å². The summed E-state index contributed by atoms with van der Waals surface area (Å²) in [5.74, 6) is -0.153. The van der Waals surface area contributed by atoms with Crippen molar-refractivity contribution in [1.29, 1.82) is 0 Å². The average Bonchev–Trinajstić information content (AvgIpc) is 2.52. The number of hydrogen-bond acceptors (Lipinski definition) is 1. The number of hydrogen-bond donors (Lipinski definition) is 2. The second kappa shape index (κ2) is 8.47. The van der Waals surface area contributed by atoms with Crippen molar-refractivity contribution < 1.29 is 14.5 Å². The molecule has 1 amide bonds. The van der Waals surface area contributed by atoms with Crippen molar-refractivity contribution in [2.75, 3.05) is 11.9 Å². The number of amides is 1. The molecule has 24 heavy (non-hydrogen) atoms. The molecule has 3 nitrogen and oxygen atoms in total. The molecule has 0 saturated carbocycles. The Morgan fingerprint density at radius 2 is 1.83 bits per heavy atom. The van der Waals surface area contributed by atoms with E-state index in [9.17, 15) is 9.18 Å². The van der Waals surface area contributed by atoms with Crippen LogP contribution in [0.25, 0.3) is 0 Å². The zero-order chi connectivity index (χ0) is 17.7. The Labute approximate surface area is 151 Å². The van der Waals surface area contributed by atoms with Gasteiger partial charge in [0.15, 0.2) is 6.54 Å². The van der Waals surface area contributed by atoms with Crippen LogP contribution in [0.2, 0.25) is 10.0 Å². The number of nitrogens with two attached hydrogens (primary N) is 1. The van der Waals surface area contributed by atoms with Crippen molar-refractivity contribution in [3.8, 4) is 0 Å². The number of halogens is 3. The van der Waals surface area contributed by atoms with Crippen molar-refractivity contribution in [1.82, 2.24) is 0 Å². The maximum absolute atomic E-state index is 13.1. The van der Waals surface area contributed by atoms with Gasteiger partial charge < -0.3 is 10.6 Å².